The van der Waals surface area contributed by atoms with Gasteiger partial charge >= 0.3 is 0 Å². The maximum atomic E-state index is 3.46. The van der Waals surface area contributed by atoms with Crippen LogP contribution < -0.4 is 5.32 Å². The molecule has 1 atom stereocenters. The fraction of sp³-hybridized carbons (Fsp3) is 0.600. The van der Waals surface area contributed by atoms with E-state index in [4.69, 9.17) is 0 Å². The predicted octanol–water partition coefficient (Wildman–Crippen LogP) is 3.65. The first-order chi connectivity index (χ1) is 7.83. The van der Waals surface area contributed by atoms with E-state index >= 15 is 0 Å². The fourth-order valence-corrected chi connectivity index (χ4v) is 1.85. The smallest absolute Gasteiger partial charge is 0.00464 e. The van der Waals surface area contributed by atoms with E-state index in [1.807, 2.05) is 0 Å². The van der Waals surface area contributed by atoms with Gasteiger partial charge in [-0.15, -0.1) is 0 Å². The third-order valence-electron chi connectivity index (χ3n) is 3.01. The Kier molecular flexibility index (Phi) is 6.91. The van der Waals surface area contributed by atoms with Crippen LogP contribution in [0.1, 0.15) is 38.7 Å². The lowest BCUT2D eigenvalue weighted by Gasteiger charge is -2.11. The van der Waals surface area contributed by atoms with Crippen LogP contribution in [0.2, 0.25) is 0 Å². The number of hydrogen-bond acceptors (Lipinski definition) is 1. The molecular weight excluding hydrogens is 194 g/mol. The minimum Gasteiger partial charge on any atom is -0.317 e. The summed E-state index contributed by atoms with van der Waals surface area (Å²) in [4.78, 5) is 0. The van der Waals surface area contributed by atoms with Crippen LogP contribution in [-0.2, 0) is 6.42 Å². The molecule has 0 aliphatic carbocycles. The number of hydrogen-bond donors (Lipinski definition) is 1. The lowest BCUT2D eigenvalue weighted by molar-refractivity contribution is 0.470. The molecule has 1 aromatic rings. The van der Waals surface area contributed by atoms with Gasteiger partial charge in [-0.3, -0.25) is 0 Å². The molecule has 0 bridgehead atoms. The SMILES string of the molecule is CCCNCCC(C)CCc1ccccc1. The molecular formula is C15H25N. The van der Waals surface area contributed by atoms with E-state index in [2.05, 4.69) is 49.5 Å². The summed E-state index contributed by atoms with van der Waals surface area (Å²) >= 11 is 0. The third-order valence-corrected chi connectivity index (χ3v) is 3.01. The number of aryl methyl sites for hydroxylation is 1. The van der Waals surface area contributed by atoms with Crippen molar-refractivity contribution in [2.24, 2.45) is 5.92 Å². The van der Waals surface area contributed by atoms with E-state index in [-0.39, 0.29) is 0 Å². The summed E-state index contributed by atoms with van der Waals surface area (Å²) in [7, 11) is 0. The Labute approximate surface area is 100 Å². The second-order valence-corrected chi connectivity index (χ2v) is 4.67. The van der Waals surface area contributed by atoms with Gasteiger partial charge in [-0.05, 0) is 50.3 Å². The first kappa shape index (κ1) is 13.2. The van der Waals surface area contributed by atoms with Crippen LogP contribution in [0.25, 0.3) is 0 Å². The average Bonchev–Trinajstić information content (AvgIpc) is 2.33. The van der Waals surface area contributed by atoms with Crippen LogP contribution in [0.4, 0.5) is 0 Å². The largest absolute Gasteiger partial charge is 0.317 e. The zero-order chi connectivity index (χ0) is 11.6. The van der Waals surface area contributed by atoms with Crippen LogP contribution in [0.3, 0.4) is 0 Å². The summed E-state index contributed by atoms with van der Waals surface area (Å²) in [6, 6.07) is 10.8. The molecule has 0 saturated carbocycles. The van der Waals surface area contributed by atoms with Crippen molar-refractivity contribution in [1.29, 1.82) is 0 Å². The molecule has 0 aliphatic heterocycles. The van der Waals surface area contributed by atoms with Crippen LogP contribution in [0.5, 0.6) is 0 Å². The molecule has 0 fully saturated rings. The normalized spacial score (nSPS) is 12.6. The highest BCUT2D eigenvalue weighted by atomic mass is 14.8. The predicted molar refractivity (Wildman–Crippen MR) is 71.7 cm³/mol. The highest BCUT2D eigenvalue weighted by molar-refractivity contribution is 5.14. The Morgan fingerprint density at radius 3 is 2.50 bits per heavy atom. The first-order valence-electron chi connectivity index (χ1n) is 6.57. The molecule has 0 aliphatic rings. The van der Waals surface area contributed by atoms with Crippen molar-refractivity contribution in [2.75, 3.05) is 13.1 Å². The highest BCUT2D eigenvalue weighted by Crippen LogP contribution is 2.11. The standard InChI is InChI=1S/C15H25N/c1-3-12-16-13-11-14(2)9-10-15-7-5-4-6-8-15/h4-8,14,16H,3,9-13H2,1-2H3. The van der Waals surface area contributed by atoms with Crippen LogP contribution in [0, 0.1) is 5.92 Å². The molecule has 0 aromatic heterocycles. The second-order valence-electron chi connectivity index (χ2n) is 4.67. The molecule has 1 N–H and O–H groups in total. The van der Waals surface area contributed by atoms with Gasteiger partial charge < -0.3 is 5.32 Å². The van der Waals surface area contributed by atoms with Gasteiger partial charge in [-0.1, -0.05) is 44.2 Å². The lowest BCUT2D eigenvalue weighted by atomic mass is 9.98. The molecule has 1 rings (SSSR count). The Bertz CT molecular complexity index is 255. The topological polar surface area (TPSA) is 12.0 Å². The number of nitrogens with one attached hydrogen (secondary N) is 1. The minimum absolute atomic E-state index is 0.824. The Morgan fingerprint density at radius 1 is 1.06 bits per heavy atom. The molecule has 1 aromatic carbocycles. The Morgan fingerprint density at radius 2 is 1.81 bits per heavy atom. The molecule has 0 radical (unpaired) electrons. The average molecular weight is 219 g/mol. The van der Waals surface area contributed by atoms with Crippen molar-refractivity contribution >= 4 is 0 Å². The summed E-state index contributed by atoms with van der Waals surface area (Å²) in [6.45, 7) is 6.90. The number of rotatable bonds is 8. The van der Waals surface area contributed by atoms with Gasteiger partial charge in [0.25, 0.3) is 0 Å². The monoisotopic (exact) mass is 219 g/mol. The summed E-state index contributed by atoms with van der Waals surface area (Å²) in [5.74, 6) is 0.824. The van der Waals surface area contributed by atoms with Gasteiger partial charge in [0.15, 0.2) is 0 Å². The van der Waals surface area contributed by atoms with Gasteiger partial charge in [0, 0.05) is 0 Å². The summed E-state index contributed by atoms with van der Waals surface area (Å²) in [5, 5.41) is 3.46. The molecule has 0 heterocycles. The van der Waals surface area contributed by atoms with Crippen molar-refractivity contribution in [2.45, 2.75) is 39.5 Å². The van der Waals surface area contributed by atoms with E-state index in [1.54, 1.807) is 0 Å². The maximum absolute atomic E-state index is 3.46. The molecule has 1 nitrogen and oxygen atoms in total. The quantitative estimate of drug-likeness (QED) is 0.658. The molecule has 0 saturated heterocycles. The lowest BCUT2D eigenvalue weighted by Crippen LogP contribution is -2.18. The van der Waals surface area contributed by atoms with Crippen molar-refractivity contribution in [3.05, 3.63) is 35.9 Å². The molecule has 0 amide bonds. The van der Waals surface area contributed by atoms with E-state index in [0.29, 0.717) is 0 Å². The van der Waals surface area contributed by atoms with Crippen molar-refractivity contribution in [3.63, 3.8) is 0 Å². The van der Waals surface area contributed by atoms with Gasteiger partial charge in [0.1, 0.15) is 0 Å². The van der Waals surface area contributed by atoms with Crippen molar-refractivity contribution < 1.29 is 0 Å². The van der Waals surface area contributed by atoms with Crippen LogP contribution in [0.15, 0.2) is 30.3 Å². The molecule has 1 heteroatoms. The third kappa shape index (κ3) is 5.92. The van der Waals surface area contributed by atoms with Crippen LogP contribution in [-0.4, -0.2) is 13.1 Å². The highest BCUT2D eigenvalue weighted by Gasteiger charge is 2.02. The molecule has 0 spiro atoms. The summed E-state index contributed by atoms with van der Waals surface area (Å²) < 4.78 is 0. The van der Waals surface area contributed by atoms with E-state index < -0.39 is 0 Å². The maximum Gasteiger partial charge on any atom is -0.00464 e. The van der Waals surface area contributed by atoms with Gasteiger partial charge in [0.2, 0.25) is 0 Å². The van der Waals surface area contributed by atoms with Crippen molar-refractivity contribution in [1.82, 2.24) is 5.32 Å². The minimum atomic E-state index is 0.824. The van der Waals surface area contributed by atoms with E-state index in [9.17, 15) is 0 Å². The fourth-order valence-electron chi connectivity index (χ4n) is 1.85. The van der Waals surface area contributed by atoms with Gasteiger partial charge in [-0.2, -0.15) is 0 Å². The first-order valence-corrected chi connectivity index (χ1v) is 6.57. The Balaban J connectivity index is 2.08. The summed E-state index contributed by atoms with van der Waals surface area (Å²) in [5.41, 5.74) is 1.47. The molecule has 1 unspecified atom stereocenters. The zero-order valence-electron chi connectivity index (χ0n) is 10.7. The molecule has 90 valence electrons. The summed E-state index contributed by atoms with van der Waals surface area (Å²) in [6.07, 6.45) is 5.05. The van der Waals surface area contributed by atoms with Gasteiger partial charge in [0.05, 0.1) is 0 Å². The number of benzene rings is 1. The molecule has 16 heavy (non-hydrogen) atoms. The Hall–Kier alpha value is -0.820. The zero-order valence-corrected chi connectivity index (χ0v) is 10.7. The van der Waals surface area contributed by atoms with Crippen LogP contribution >= 0.6 is 0 Å². The van der Waals surface area contributed by atoms with Gasteiger partial charge in [-0.25, -0.2) is 0 Å². The van der Waals surface area contributed by atoms with E-state index in [0.717, 1.165) is 12.5 Å². The van der Waals surface area contributed by atoms with E-state index in [1.165, 1.54) is 37.8 Å². The second kappa shape index (κ2) is 8.35. The van der Waals surface area contributed by atoms with Crippen molar-refractivity contribution in [3.8, 4) is 0 Å².